The van der Waals surface area contributed by atoms with Gasteiger partial charge in [0.05, 0.1) is 17.9 Å². The molecule has 1 aliphatic heterocycles. The van der Waals surface area contributed by atoms with Crippen molar-refractivity contribution in [1.82, 2.24) is 14.7 Å². The predicted octanol–water partition coefficient (Wildman–Crippen LogP) is 3.11. The van der Waals surface area contributed by atoms with Gasteiger partial charge in [0.15, 0.2) is 6.61 Å². The van der Waals surface area contributed by atoms with Gasteiger partial charge in [-0.3, -0.25) is 9.48 Å². The number of hydrogen-bond donors (Lipinski definition) is 0. The molecule has 0 saturated carbocycles. The van der Waals surface area contributed by atoms with Crippen LogP contribution in [0.5, 0.6) is 0 Å². The van der Waals surface area contributed by atoms with Crippen molar-refractivity contribution >= 4 is 11.9 Å². The van der Waals surface area contributed by atoms with E-state index in [-0.39, 0.29) is 12.5 Å². The maximum Gasteiger partial charge on any atom is 0.342 e. The van der Waals surface area contributed by atoms with Gasteiger partial charge in [-0.2, -0.15) is 5.10 Å². The number of hydrogen-bond acceptors (Lipinski definition) is 4. The number of esters is 1. The maximum atomic E-state index is 12.6. The number of aryl methyl sites for hydroxylation is 1. The van der Waals surface area contributed by atoms with Crippen LogP contribution in [0.25, 0.3) is 0 Å². The summed E-state index contributed by atoms with van der Waals surface area (Å²) < 4.78 is 7.13. The highest BCUT2D eigenvalue weighted by molar-refractivity contribution is 5.93. The zero-order valence-electron chi connectivity index (χ0n) is 16.1. The Morgan fingerprint density at radius 3 is 2.37 bits per heavy atom. The van der Waals surface area contributed by atoms with Gasteiger partial charge in [-0.25, -0.2) is 4.79 Å². The van der Waals surface area contributed by atoms with Crippen molar-refractivity contribution in [2.24, 2.45) is 0 Å². The molecule has 1 amide bonds. The van der Waals surface area contributed by atoms with E-state index in [4.69, 9.17) is 4.74 Å². The van der Waals surface area contributed by atoms with Crippen LogP contribution in [0.15, 0.2) is 30.3 Å². The second kappa shape index (κ2) is 8.84. The lowest BCUT2D eigenvalue weighted by atomic mass is 10.2. The molecule has 1 saturated heterocycles. The van der Waals surface area contributed by atoms with Crippen LogP contribution in [-0.2, 0) is 16.1 Å². The Labute approximate surface area is 160 Å². The number of rotatable bonds is 5. The summed E-state index contributed by atoms with van der Waals surface area (Å²) in [6, 6.07) is 9.96. The Hall–Kier alpha value is -2.63. The lowest BCUT2D eigenvalue weighted by molar-refractivity contribution is -0.134. The first-order chi connectivity index (χ1) is 13.1. The largest absolute Gasteiger partial charge is 0.452 e. The van der Waals surface area contributed by atoms with Crippen LogP contribution in [0.3, 0.4) is 0 Å². The Bertz CT molecular complexity index is 791. The third-order valence-corrected chi connectivity index (χ3v) is 5.05. The zero-order valence-corrected chi connectivity index (χ0v) is 16.1. The van der Waals surface area contributed by atoms with Crippen molar-refractivity contribution in [2.45, 2.75) is 46.1 Å². The first-order valence-electron chi connectivity index (χ1n) is 9.59. The van der Waals surface area contributed by atoms with Crippen LogP contribution in [-0.4, -0.2) is 46.3 Å². The van der Waals surface area contributed by atoms with Crippen LogP contribution in [0.4, 0.5) is 0 Å². The van der Waals surface area contributed by atoms with Crippen LogP contribution >= 0.6 is 0 Å². The molecule has 3 rings (SSSR count). The fraction of sp³-hybridized carbons (Fsp3) is 0.476. The highest BCUT2D eigenvalue weighted by Crippen LogP contribution is 2.16. The third kappa shape index (κ3) is 4.76. The predicted molar refractivity (Wildman–Crippen MR) is 103 cm³/mol. The molecular formula is C21H27N3O3. The van der Waals surface area contributed by atoms with Crippen molar-refractivity contribution in [2.75, 3.05) is 19.7 Å². The minimum atomic E-state index is -0.479. The Kier molecular flexibility index (Phi) is 6.27. The summed E-state index contributed by atoms with van der Waals surface area (Å²) in [5.41, 5.74) is 2.94. The summed E-state index contributed by atoms with van der Waals surface area (Å²) in [4.78, 5) is 26.7. The topological polar surface area (TPSA) is 64.4 Å². The van der Waals surface area contributed by atoms with Gasteiger partial charge in [-0.15, -0.1) is 0 Å². The number of carbonyl (C=O) groups excluding carboxylic acids is 2. The molecule has 0 atom stereocenters. The van der Waals surface area contributed by atoms with Crippen molar-refractivity contribution in [3.63, 3.8) is 0 Å². The summed E-state index contributed by atoms with van der Waals surface area (Å²) in [6.45, 7) is 5.54. The summed E-state index contributed by atoms with van der Waals surface area (Å²) in [5.74, 6) is -0.593. The molecule has 144 valence electrons. The monoisotopic (exact) mass is 369 g/mol. The normalized spacial score (nSPS) is 14.7. The summed E-state index contributed by atoms with van der Waals surface area (Å²) in [5, 5.41) is 4.48. The third-order valence-electron chi connectivity index (χ3n) is 5.05. The molecule has 0 N–H and O–H groups in total. The number of carbonyl (C=O) groups is 2. The van der Waals surface area contributed by atoms with E-state index in [9.17, 15) is 9.59 Å². The number of likely N-dealkylation sites (tertiary alicyclic amines) is 1. The lowest BCUT2D eigenvalue weighted by Crippen LogP contribution is -2.35. The van der Waals surface area contributed by atoms with E-state index in [2.05, 4.69) is 5.10 Å². The van der Waals surface area contributed by atoms with Crippen LogP contribution < -0.4 is 0 Å². The van der Waals surface area contributed by atoms with Gasteiger partial charge in [0.1, 0.15) is 5.56 Å². The highest BCUT2D eigenvalue weighted by Gasteiger charge is 2.22. The molecule has 0 aliphatic carbocycles. The Morgan fingerprint density at radius 2 is 1.70 bits per heavy atom. The number of nitrogens with zero attached hydrogens (tertiary/aromatic N) is 3. The molecule has 2 heterocycles. The van der Waals surface area contributed by atoms with E-state index in [0.29, 0.717) is 17.8 Å². The second-order valence-electron chi connectivity index (χ2n) is 7.06. The molecule has 1 aliphatic rings. The molecular weight excluding hydrogens is 342 g/mol. The Morgan fingerprint density at radius 1 is 1.04 bits per heavy atom. The minimum Gasteiger partial charge on any atom is -0.452 e. The van der Waals surface area contributed by atoms with E-state index in [0.717, 1.165) is 50.0 Å². The van der Waals surface area contributed by atoms with E-state index < -0.39 is 5.97 Å². The summed E-state index contributed by atoms with van der Waals surface area (Å²) in [6.07, 6.45) is 4.35. The standard InChI is InChI=1S/C21H27N3O3/c1-16-20(17(2)24(22-16)14-18-10-6-5-7-11-18)21(26)27-15-19(25)23-12-8-3-4-9-13-23/h5-7,10-11H,3-4,8-9,12-15H2,1-2H3. The average molecular weight is 369 g/mol. The van der Waals surface area contributed by atoms with Gasteiger partial charge in [0.2, 0.25) is 0 Å². The van der Waals surface area contributed by atoms with Crippen LogP contribution in [0.1, 0.15) is 53.0 Å². The van der Waals surface area contributed by atoms with E-state index in [1.165, 1.54) is 0 Å². The van der Waals surface area contributed by atoms with E-state index >= 15 is 0 Å². The SMILES string of the molecule is Cc1nn(Cc2ccccc2)c(C)c1C(=O)OCC(=O)N1CCCCCC1. The molecule has 0 radical (unpaired) electrons. The molecule has 0 unspecified atom stereocenters. The van der Waals surface area contributed by atoms with Crippen LogP contribution in [0.2, 0.25) is 0 Å². The fourth-order valence-corrected chi connectivity index (χ4v) is 3.51. The van der Waals surface area contributed by atoms with Crippen molar-refractivity contribution < 1.29 is 14.3 Å². The lowest BCUT2D eigenvalue weighted by Gasteiger charge is -2.19. The van der Waals surface area contributed by atoms with Gasteiger partial charge in [0, 0.05) is 13.1 Å². The highest BCUT2D eigenvalue weighted by atomic mass is 16.5. The fourth-order valence-electron chi connectivity index (χ4n) is 3.51. The molecule has 6 heteroatoms. The van der Waals surface area contributed by atoms with Crippen molar-refractivity contribution in [3.05, 3.63) is 52.8 Å². The van der Waals surface area contributed by atoms with Gasteiger partial charge in [0.25, 0.3) is 5.91 Å². The quantitative estimate of drug-likeness (QED) is 0.760. The Balaban J connectivity index is 1.63. The zero-order chi connectivity index (χ0) is 19.2. The van der Waals surface area contributed by atoms with Gasteiger partial charge >= 0.3 is 5.97 Å². The van der Waals surface area contributed by atoms with Gasteiger partial charge < -0.3 is 9.64 Å². The number of amides is 1. The molecule has 2 aromatic rings. The first kappa shape index (κ1) is 19.1. The molecule has 1 aromatic carbocycles. The minimum absolute atomic E-state index is 0.114. The molecule has 6 nitrogen and oxygen atoms in total. The molecule has 27 heavy (non-hydrogen) atoms. The molecule has 0 spiro atoms. The van der Waals surface area contributed by atoms with Crippen molar-refractivity contribution in [3.8, 4) is 0 Å². The average Bonchev–Trinajstić information content (AvgIpc) is 2.86. The first-order valence-corrected chi connectivity index (χ1v) is 9.59. The molecule has 0 bridgehead atoms. The van der Waals surface area contributed by atoms with Gasteiger partial charge in [-0.05, 0) is 32.3 Å². The van der Waals surface area contributed by atoms with Crippen molar-refractivity contribution in [1.29, 1.82) is 0 Å². The number of ether oxygens (including phenoxy) is 1. The number of benzene rings is 1. The summed E-state index contributed by atoms with van der Waals surface area (Å²) in [7, 11) is 0. The maximum absolute atomic E-state index is 12.6. The number of aromatic nitrogens is 2. The smallest absolute Gasteiger partial charge is 0.342 e. The van der Waals surface area contributed by atoms with Crippen LogP contribution in [0, 0.1) is 13.8 Å². The second-order valence-corrected chi connectivity index (χ2v) is 7.06. The van der Waals surface area contributed by atoms with Gasteiger partial charge in [-0.1, -0.05) is 43.2 Å². The summed E-state index contributed by atoms with van der Waals surface area (Å²) >= 11 is 0. The van der Waals surface area contributed by atoms with E-state index in [1.807, 2.05) is 37.3 Å². The molecule has 1 fully saturated rings. The molecule has 1 aromatic heterocycles. The van der Waals surface area contributed by atoms with E-state index in [1.54, 1.807) is 16.5 Å².